The summed E-state index contributed by atoms with van der Waals surface area (Å²) in [4.78, 5) is 0. The Labute approximate surface area is 128 Å². The summed E-state index contributed by atoms with van der Waals surface area (Å²) in [7, 11) is 1.72. The van der Waals surface area contributed by atoms with Crippen LogP contribution >= 0.6 is 0 Å². The number of likely N-dealkylation sites (N-methyl/N-ethyl adjacent to an activating group) is 1. The van der Waals surface area contributed by atoms with Gasteiger partial charge in [-0.15, -0.1) is 0 Å². The van der Waals surface area contributed by atoms with Crippen molar-refractivity contribution in [1.82, 2.24) is 5.32 Å². The van der Waals surface area contributed by atoms with Crippen molar-refractivity contribution in [2.45, 2.75) is 33.2 Å². The summed E-state index contributed by atoms with van der Waals surface area (Å²) in [6.45, 7) is 7.33. The molecule has 2 rings (SSSR count). The van der Waals surface area contributed by atoms with E-state index < -0.39 is 0 Å². The first-order chi connectivity index (χ1) is 10.1. The van der Waals surface area contributed by atoms with Crippen LogP contribution in [0.4, 0.5) is 0 Å². The molecule has 2 aromatic rings. The second-order valence-corrected chi connectivity index (χ2v) is 5.53. The lowest BCUT2D eigenvalue weighted by Crippen LogP contribution is -2.23. The van der Waals surface area contributed by atoms with Gasteiger partial charge in [0.1, 0.15) is 5.75 Å². The lowest BCUT2D eigenvalue weighted by Gasteiger charge is -2.20. The van der Waals surface area contributed by atoms with E-state index in [1.165, 1.54) is 22.3 Å². The standard InChI is InChI=1S/C19H25NO/c1-5-20-18(13-16-8-6-14(2)7-9-16)17-10-11-19(21-4)15(3)12-17/h6-12,18,20H,5,13H2,1-4H3. The first kappa shape index (κ1) is 15.6. The fourth-order valence-electron chi connectivity index (χ4n) is 2.63. The summed E-state index contributed by atoms with van der Waals surface area (Å²) < 4.78 is 5.35. The van der Waals surface area contributed by atoms with Crippen LogP contribution in [0, 0.1) is 13.8 Å². The van der Waals surface area contributed by atoms with Crippen LogP contribution in [0.15, 0.2) is 42.5 Å². The van der Waals surface area contributed by atoms with Crippen molar-refractivity contribution in [3.05, 3.63) is 64.7 Å². The highest BCUT2D eigenvalue weighted by Crippen LogP contribution is 2.25. The second-order valence-electron chi connectivity index (χ2n) is 5.53. The van der Waals surface area contributed by atoms with Crippen LogP contribution in [0.1, 0.15) is 35.2 Å². The molecule has 2 nitrogen and oxygen atoms in total. The Balaban J connectivity index is 2.21. The predicted octanol–water partition coefficient (Wildman–Crippen LogP) is 4.21. The molecule has 0 aromatic heterocycles. The molecular weight excluding hydrogens is 258 g/mol. The molecule has 0 radical (unpaired) electrons. The molecule has 1 atom stereocenters. The van der Waals surface area contributed by atoms with Crippen molar-refractivity contribution < 1.29 is 4.74 Å². The smallest absolute Gasteiger partial charge is 0.121 e. The highest BCUT2D eigenvalue weighted by molar-refractivity contribution is 5.38. The summed E-state index contributed by atoms with van der Waals surface area (Å²) in [6.07, 6.45) is 1.000. The summed E-state index contributed by atoms with van der Waals surface area (Å²) in [5.41, 5.74) is 5.16. The first-order valence-electron chi connectivity index (χ1n) is 7.57. The average molecular weight is 283 g/mol. The molecule has 21 heavy (non-hydrogen) atoms. The molecule has 112 valence electrons. The third-order valence-corrected chi connectivity index (χ3v) is 3.83. The van der Waals surface area contributed by atoms with Gasteiger partial charge in [0.15, 0.2) is 0 Å². The number of benzene rings is 2. The van der Waals surface area contributed by atoms with Crippen molar-refractivity contribution >= 4 is 0 Å². The number of hydrogen-bond donors (Lipinski definition) is 1. The van der Waals surface area contributed by atoms with E-state index in [4.69, 9.17) is 4.74 Å². The zero-order valence-corrected chi connectivity index (χ0v) is 13.4. The number of aryl methyl sites for hydroxylation is 2. The van der Waals surface area contributed by atoms with Gasteiger partial charge in [-0.05, 0) is 49.6 Å². The molecule has 2 aromatic carbocycles. The van der Waals surface area contributed by atoms with Gasteiger partial charge in [-0.2, -0.15) is 0 Å². The minimum Gasteiger partial charge on any atom is -0.496 e. The van der Waals surface area contributed by atoms with E-state index in [9.17, 15) is 0 Å². The van der Waals surface area contributed by atoms with Gasteiger partial charge in [0.05, 0.1) is 7.11 Å². The number of ether oxygens (including phenoxy) is 1. The van der Waals surface area contributed by atoms with Crippen molar-refractivity contribution in [3.8, 4) is 5.75 Å². The molecule has 0 heterocycles. The molecule has 0 bridgehead atoms. The number of hydrogen-bond acceptors (Lipinski definition) is 2. The number of methoxy groups -OCH3 is 1. The van der Waals surface area contributed by atoms with Crippen molar-refractivity contribution in [3.63, 3.8) is 0 Å². The predicted molar refractivity (Wildman–Crippen MR) is 89.0 cm³/mol. The highest BCUT2D eigenvalue weighted by atomic mass is 16.5. The fourth-order valence-corrected chi connectivity index (χ4v) is 2.63. The molecule has 0 saturated heterocycles. The normalized spacial score (nSPS) is 12.2. The van der Waals surface area contributed by atoms with Gasteiger partial charge < -0.3 is 10.1 Å². The van der Waals surface area contributed by atoms with Gasteiger partial charge in [-0.1, -0.05) is 48.9 Å². The van der Waals surface area contributed by atoms with E-state index in [0.29, 0.717) is 6.04 Å². The van der Waals surface area contributed by atoms with E-state index in [1.807, 2.05) is 0 Å². The SMILES string of the molecule is CCNC(Cc1ccc(C)cc1)c1ccc(OC)c(C)c1. The van der Waals surface area contributed by atoms with Gasteiger partial charge in [0.25, 0.3) is 0 Å². The Kier molecular flexibility index (Phi) is 5.40. The maximum Gasteiger partial charge on any atom is 0.121 e. The van der Waals surface area contributed by atoms with Gasteiger partial charge in [0.2, 0.25) is 0 Å². The van der Waals surface area contributed by atoms with E-state index >= 15 is 0 Å². The molecule has 2 heteroatoms. The third-order valence-electron chi connectivity index (χ3n) is 3.83. The van der Waals surface area contributed by atoms with Crippen LogP contribution in [-0.2, 0) is 6.42 Å². The highest BCUT2D eigenvalue weighted by Gasteiger charge is 2.12. The Morgan fingerprint density at radius 3 is 2.33 bits per heavy atom. The minimum absolute atomic E-state index is 0.335. The van der Waals surface area contributed by atoms with E-state index in [-0.39, 0.29) is 0 Å². The Morgan fingerprint density at radius 1 is 1.05 bits per heavy atom. The first-order valence-corrected chi connectivity index (χ1v) is 7.57. The Morgan fingerprint density at radius 2 is 1.76 bits per heavy atom. The summed E-state index contributed by atoms with van der Waals surface area (Å²) in [6, 6.07) is 15.6. The Hall–Kier alpha value is -1.80. The second kappa shape index (κ2) is 7.28. The molecular formula is C19H25NO. The topological polar surface area (TPSA) is 21.3 Å². The van der Waals surface area contributed by atoms with Crippen LogP contribution in [0.25, 0.3) is 0 Å². The van der Waals surface area contributed by atoms with Crippen LogP contribution in [0.3, 0.4) is 0 Å². The number of rotatable bonds is 6. The van der Waals surface area contributed by atoms with Crippen LogP contribution < -0.4 is 10.1 Å². The molecule has 1 N–H and O–H groups in total. The molecule has 0 amide bonds. The monoisotopic (exact) mass is 283 g/mol. The largest absolute Gasteiger partial charge is 0.496 e. The summed E-state index contributed by atoms with van der Waals surface area (Å²) in [5, 5.41) is 3.59. The number of nitrogens with one attached hydrogen (secondary N) is 1. The molecule has 0 aliphatic rings. The maximum absolute atomic E-state index is 5.35. The molecule has 0 aliphatic carbocycles. The van der Waals surface area contributed by atoms with E-state index in [0.717, 1.165) is 18.7 Å². The molecule has 0 fully saturated rings. The molecule has 0 saturated carbocycles. The van der Waals surface area contributed by atoms with Gasteiger partial charge in [0, 0.05) is 6.04 Å². The molecule has 1 unspecified atom stereocenters. The Bertz CT molecular complexity index is 575. The lowest BCUT2D eigenvalue weighted by atomic mass is 9.96. The minimum atomic E-state index is 0.335. The fraction of sp³-hybridized carbons (Fsp3) is 0.368. The quantitative estimate of drug-likeness (QED) is 0.857. The zero-order valence-electron chi connectivity index (χ0n) is 13.4. The van der Waals surface area contributed by atoms with Crippen molar-refractivity contribution in [2.24, 2.45) is 0 Å². The molecule has 0 spiro atoms. The van der Waals surface area contributed by atoms with E-state index in [1.54, 1.807) is 7.11 Å². The van der Waals surface area contributed by atoms with Gasteiger partial charge in [-0.3, -0.25) is 0 Å². The van der Waals surface area contributed by atoms with Gasteiger partial charge >= 0.3 is 0 Å². The summed E-state index contributed by atoms with van der Waals surface area (Å²) >= 11 is 0. The average Bonchev–Trinajstić information content (AvgIpc) is 2.49. The molecule has 0 aliphatic heterocycles. The van der Waals surface area contributed by atoms with E-state index in [2.05, 4.69) is 68.6 Å². The lowest BCUT2D eigenvalue weighted by molar-refractivity contribution is 0.411. The van der Waals surface area contributed by atoms with Gasteiger partial charge in [-0.25, -0.2) is 0 Å². The third kappa shape index (κ3) is 4.08. The van der Waals surface area contributed by atoms with Crippen molar-refractivity contribution in [1.29, 1.82) is 0 Å². The maximum atomic E-state index is 5.35. The van der Waals surface area contributed by atoms with Crippen LogP contribution in [-0.4, -0.2) is 13.7 Å². The van der Waals surface area contributed by atoms with Crippen LogP contribution in [0.5, 0.6) is 5.75 Å². The zero-order chi connectivity index (χ0) is 15.2. The van der Waals surface area contributed by atoms with Crippen LogP contribution in [0.2, 0.25) is 0 Å². The summed E-state index contributed by atoms with van der Waals surface area (Å²) in [5.74, 6) is 0.948. The van der Waals surface area contributed by atoms with Crippen molar-refractivity contribution in [2.75, 3.05) is 13.7 Å².